The molecule has 1 aromatic heterocycles. The van der Waals surface area contributed by atoms with Crippen molar-refractivity contribution in [2.75, 3.05) is 13.3 Å². The molecule has 2 bridgehead atoms. The van der Waals surface area contributed by atoms with Crippen LogP contribution in [0.15, 0.2) is 15.8 Å². The fourth-order valence-corrected chi connectivity index (χ4v) is 3.69. The second-order valence-corrected chi connectivity index (χ2v) is 7.05. The topological polar surface area (TPSA) is 111 Å². The molecule has 9 heteroatoms. The van der Waals surface area contributed by atoms with E-state index >= 15 is 0 Å². The van der Waals surface area contributed by atoms with Crippen molar-refractivity contribution in [3.63, 3.8) is 0 Å². The lowest BCUT2D eigenvalue weighted by Gasteiger charge is -2.29. The summed E-state index contributed by atoms with van der Waals surface area (Å²) >= 11 is 0. The number of hydrogen-bond acceptors (Lipinski definition) is 6. The van der Waals surface area contributed by atoms with Crippen LogP contribution in [0.5, 0.6) is 0 Å². The number of aromatic amines is 1. The van der Waals surface area contributed by atoms with Crippen molar-refractivity contribution in [3.8, 4) is 0 Å². The maximum absolute atomic E-state index is 12.0. The summed E-state index contributed by atoms with van der Waals surface area (Å²) in [5.74, 6) is -0.263. The Kier molecular flexibility index (Phi) is 3.81. The maximum atomic E-state index is 12.0. The molecule has 1 aliphatic heterocycles. The van der Waals surface area contributed by atoms with Crippen LogP contribution in [0.4, 0.5) is 0 Å². The Morgan fingerprint density at radius 1 is 1.59 bits per heavy atom. The number of aliphatic hydroxyl groups excluding tert-OH is 1. The van der Waals surface area contributed by atoms with Crippen LogP contribution in [0.3, 0.4) is 0 Å². The highest BCUT2D eigenvalue weighted by Gasteiger charge is 2.61. The van der Waals surface area contributed by atoms with E-state index in [1.807, 2.05) is 0 Å². The lowest BCUT2D eigenvalue weighted by molar-refractivity contribution is -0.135. The van der Waals surface area contributed by atoms with Gasteiger partial charge in [-0.05, 0) is 24.3 Å². The van der Waals surface area contributed by atoms with Gasteiger partial charge >= 0.3 is 13.7 Å². The summed E-state index contributed by atoms with van der Waals surface area (Å²) in [4.78, 5) is 25.7. The zero-order chi connectivity index (χ0) is 16.1. The summed E-state index contributed by atoms with van der Waals surface area (Å²) in [6.07, 6.45) is 1.22. The molecule has 1 aliphatic carbocycles. The summed E-state index contributed by atoms with van der Waals surface area (Å²) in [6, 6.07) is 0. The average molecular weight is 329 g/mol. The number of aryl methyl sites for hydroxylation is 1. The monoisotopic (exact) mass is 329 g/mol. The first-order valence-electron chi connectivity index (χ1n) is 7.06. The molecule has 1 saturated heterocycles. The largest absolute Gasteiger partial charge is 0.504 e. The van der Waals surface area contributed by atoms with Crippen LogP contribution in [-0.2, 0) is 13.8 Å². The molecule has 2 N–H and O–H groups in total. The van der Waals surface area contributed by atoms with Crippen molar-refractivity contribution >= 4 is 8.03 Å². The third-order valence-electron chi connectivity index (χ3n) is 4.48. The second kappa shape index (κ2) is 5.38. The summed E-state index contributed by atoms with van der Waals surface area (Å²) in [5, 5.41) is 10.5. The summed E-state index contributed by atoms with van der Waals surface area (Å²) in [6.45, 7) is 3.05. The van der Waals surface area contributed by atoms with Crippen LogP contribution in [0.25, 0.3) is 0 Å². The van der Waals surface area contributed by atoms with Gasteiger partial charge in [0.1, 0.15) is 18.4 Å². The van der Waals surface area contributed by atoms with Crippen LogP contribution < -0.4 is 11.2 Å². The lowest BCUT2D eigenvalue weighted by atomic mass is 10.0. The molecule has 2 heterocycles. The van der Waals surface area contributed by atoms with Gasteiger partial charge in [0.05, 0.1) is 6.10 Å². The van der Waals surface area contributed by atoms with Crippen molar-refractivity contribution in [3.05, 3.63) is 32.6 Å². The normalized spacial score (nSPS) is 34.1. The van der Waals surface area contributed by atoms with Gasteiger partial charge < -0.3 is 9.84 Å². The Balaban J connectivity index is 1.92. The SMILES string of the molecule is Cc1cn([C@@H]2O[C@@]3(CO[P+](C)=O)CC[C@@H]2[C@@H]3O)c(=O)[nH]c1=O. The van der Waals surface area contributed by atoms with Gasteiger partial charge in [-0.3, -0.25) is 14.3 Å². The van der Waals surface area contributed by atoms with Crippen LogP contribution in [-0.4, -0.2) is 39.6 Å². The van der Waals surface area contributed by atoms with Crippen LogP contribution >= 0.6 is 8.03 Å². The number of ether oxygens (including phenoxy) is 1. The molecule has 120 valence electrons. The van der Waals surface area contributed by atoms with E-state index in [0.29, 0.717) is 18.4 Å². The highest BCUT2D eigenvalue weighted by Crippen LogP contribution is 2.52. The molecule has 5 atom stereocenters. The highest BCUT2D eigenvalue weighted by molar-refractivity contribution is 7.38. The lowest BCUT2D eigenvalue weighted by Crippen LogP contribution is -2.42. The minimum Gasteiger partial charge on any atom is -0.390 e. The number of H-pyrrole nitrogens is 1. The maximum Gasteiger partial charge on any atom is 0.504 e. The number of nitrogens with one attached hydrogen (secondary N) is 1. The molecule has 22 heavy (non-hydrogen) atoms. The molecule has 0 radical (unpaired) electrons. The molecule has 0 amide bonds. The fourth-order valence-electron chi connectivity index (χ4n) is 3.29. The summed E-state index contributed by atoms with van der Waals surface area (Å²) < 4.78 is 23.5. The first kappa shape index (κ1) is 15.6. The van der Waals surface area contributed by atoms with E-state index in [-0.39, 0.29) is 12.5 Å². The van der Waals surface area contributed by atoms with Crippen LogP contribution in [0.1, 0.15) is 24.6 Å². The third kappa shape index (κ3) is 2.36. The predicted molar refractivity (Wildman–Crippen MR) is 77.1 cm³/mol. The van der Waals surface area contributed by atoms with Gasteiger partial charge in [-0.25, -0.2) is 4.79 Å². The number of aliphatic hydroxyl groups is 1. The van der Waals surface area contributed by atoms with Crippen molar-refractivity contribution in [1.29, 1.82) is 0 Å². The van der Waals surface area contributed by atoms with E-state index in [2.05, 4.69) is 4.98 Å². The molecule has 1 aromatic rings. The number of aromatic nitrogens is 2. The van der Waals surface area contributed by atoms with Crippen molar-refractivity contribution in [1.82, 2.24) is 9.55 Å². The van der Waals surface area contributed by atoms with Crippen LogP contribution in [0, 0.1) is 12.8 Å². The van der Waals surface area contributed by atoms with E-state index in [9.17, 15) is 19.3 Å². The Morgan fingerprint density at radius 2 is 2.32 bits per heavy atom. The molecular formula is C13H18N2O6P+. The van der Waals surface area contributed by atoms with Crippen LogP contribution in [0.2, 0.25) is 0 Å². The van der Waals surface area contributed by atoms with Crippen molar-refractivity contribution in [2.24, 2.45) is 5.92 Å². The second-order valence-electron chi connectivity index (χ2n) is 5.91. The van der Waals surface area contributed by atoms with Gasteiger partial charge in [0.15, 0.2) is 6.66 Å². The van der Waals surface area contributed by atoms with E-state index in [4.69, 9.17) is 9.26 Å². The molecule has 0 aromatic carbocycles. The van der Waals surface area contributed by atoms with Gasteiger partial charge in [-0.15, -0.1) is 4.52 Å². The number of hydrogen-bond donors (Lipinski definition) is 2. The van der Waals surface area contributed by atoms with Gasteiger partial charge in [0.25, 0.3) is 5.56 Å². The van der Waals surface area contributed by atoms with Gasteiger partial charge in [0, 0.05) is 17.7 Å². The smallest absolute Gasteiger partial charge is 0.390 e. The number of fused-ring (bicyclic) bond motifs is 2. The van der Waals surface area contributed by atoms with E-state index in [0.717, 1.165) is 0 Å². The molecule has 1 saturated carbocycles. The fraction of sp³-hybridized carbons (Fsp3) is 0.692. The molecule has 8 nitrogen and oxygen atoms in total. The minimum absolute atomic E-state index is 0.0178. The van der Waals surface area contributed by atoms with E-state index in [1.54, 1.807) is 6.92 Å². The van der Waals surface area contributed by atoms with Crippen molar-refractivity contribution in [2.45, 2.75) is 37.7 Å². The van der Waals surface area contributed by atoms with Gasteiger partial charge in [-0.2, -0.15) is 0 Å². The number of nitrogens with zero attached hydrogens (tertiary/aromatic N) is 1. The van der Waals surface area contributed by atoms with E-state index < -0.39 is 37.2 Å². The average Bonchev–Trinajstić information content (AvgIpc) is 2.91. The molecule has 0 spiro atoms. The summed E-state index contributed by atoms with van der Waals surface area (Å²) in [7, 11) is -1.80. The first-order valence-corrected chi connectivity index (χ1v) is 8.68. The van der Waals surface area contributed by atoms with Gasteiger partial charge in [-0.1, -0.05) is 0 Å². The predicted octanol–water partition coefficient (Wildman–Crippen LogP) is 0.272. The zero-order valence-electron chi connectivity index (χ0n) is 12.3. The van der Waals surface area contributed by atoms with E-state index in [1.165, 1.54) is 17.4 Å². The Labute approximate surface area is 126 Å². The molecule has 2 fully saturated rings. The summed E-state index contributed by atoms with van der Waals surface area (Å²) in [5.41, 5.74) is -1.56. The third-order valence-corrected chi connectivity index (χ3v) is 4.97. The first-order chi connectivity index (χ1) is 10.3. The minimum atomic E-state index is -1.80. The molecule has 3 rings (SSSR count). The quantitative estimate of drug-likeness (QED) is 0.767. The standard InChI is InChI=1S/C13H17N2O6P/c1-7-5-15(12(18)14-10(7)17)11-8-3-4-13(21-11,9(8)16)6-20-22(2)19/h5,8-9,11,16H,3-4,6H2,1-2H3/p+1/t8-,9+,11-,13-/m1/s1. The highest BCUT2D eigenvalue weighted by atomic mass is 31.1. The van der Waals surface area contributed by atoms with Crippen molar-refractivity contribution < 1.29 is 18.9 Å². The van der Waals surface area contributed by atoms with Gasteiger partial charge in [0.2, 0.25) is 0 Å². The molecule has 2 aliphatic rings. The molecule has 1 unspecified atom stereocenters. The Hall–Kier alpha value is -1.34. The zero-order valence-corrected chi connectivity index (χ0v) is 13.2. The number of rotatable bonds is 4. The Bertz CT molecular complexity index is 728. The Morgan fingerprint density at radius 3 is 3.00 bits per heavy atom. The molecular weight excluding hydrogens is 311 g/mol.